The lowest BCUT2D eigenvalue weighted by Crippen LogP contribution is -2.28. The molecular weight excluding hydrogens is 372 g/mol. The highest BCUT2D eigenvalue weighted by Crippen LogP contribution is 2.23. The number of sulfonamides is 1. The summed E-state index contributed by atoms with van der Waals surface area (Å²) in [5, 5.41) is 2.94. The summed E-state index contributed by atoms with van der Waals surface area (Å²) in [7, 11) is -2.18. The van der Waals surface area contributed by atoms with Crippen LogP contribution in [0.1, 0.15) is 42.5 Å². The quantitative estimate of drug-likeness (QED) is 0.713. The van der Waals surface area contributed by atoms with Gasteiger partial charge in [-0.1, -0.05) is 35.9 Å². The number of nitrogens with one attached hydrogen (secondary N) is 1. The van der Waals surface area contributed by atoms with E-state index < -0.39 is 10.0 Å². The first-order chi connectivity index (χ1) is 13.5. The minimum absolute atomic E-state index is 0.191. The molecule has 0 radical (unpaired) electrons. The minimum Gasteiger partial charge on any atom is -0.352 e. The van der Waals surface area contributed by atoms with E-state index in [9.17, 15) is 13.2 Å². The van der Waals surface area contributed by atoms with E-state index in [1.807, 2.05) is 0 Å². The number of carbonyl (C=O) groups is 1. The Bertz CT molecular complexity index is 953. The Morgan fingerprint density at radius 3 is 2.57 bits per heavy atom. The fourth-order valence-electron chi connectivity index (χ4n) is 3.30. The summed E-state index contributed by atoms with van der Waals surface area (Å²) in [4.78, 5) is 12.7. The summed E-state index contributed by atoms with van der Waals surface area (Å²) in [5.41, 5.74) is 2.31. The molecule has 1 aliphatic carbocycles. The predicted molar refractivity (Wildman–Crippen MR) is 112 cm³/mol. The molecule has 0 spiro atoms. The van der Waals surface area contributed by atoms with E-state index in [1.165, 1.54) is 29.8 Å². The number of allylic oxidation sites excluding steroid dienone is 1. The largest absolute Gasteiger partial charge is 0.352 e. The van der Waals surface area contributed by atoms with Gasteiger partial charge in [0, 0.05) is 19.2 Å². The molecule has 0 saturated heterocycles. The highest BCUT2D eigenvalue weighted by Gasteiger charge is 2.21. The summed E-state index contributed by atoms with van der Waals surface area (Å²) in [6.45, 7) is 0.590. The fraction of sp³-hybridized carbons (Fsp3) is 0.318. The lowest BCUT2D eigenvalue weighted by atomic mass is 9.97. The Morgan fingerprint density at radius 1 is 1.07 bits per heavy atom. The van der Waals surface area contributed by atoms with Gasteiger partial charge in [0.05, 0.1) is 10.6 Å². The van der Waals surface area contributed by atoms with E-state index in [0.717, 1.165) is 19.3 Å². The smallest absolute Gasteiger partial charge is 0.264 e. The van der Waals surface area contributed by atoms with Crippen LogP contribution in [0.4, 0.5) is 5.69 Å². The summed E-state index contributed by atoms with van der Waals surface area (Å²) >= 11 is 0. The molecule has 0 atom stereocenters. The first-order valence-electron chi connectivity index (χ1n) is 9.58. The summed E-state index contributed by atoms with van der Waals surface area (Å²) < 4.78 is 26.8. The molecule has 1 amide bonds. The number of rotatable bonds is 7. The molecule has 28 heavy (non-hydrogen) atoms. The van der Waals surface area contributed by atoms with E-state index >= 15 is 0 Å². The molecule has 0 aromatic heterocycles. The topological polar surface area (TPSA) is 66.5 Å². The highest BCUT2D eigenvalue weighted by molar-refractivity contribution is 7.92. The van der Waals surface area contributed by atoms with Gasteiger partial charge in [0.15, 0.2) is 0 Å². The van der Waals surface area contributed by atoms with Gasteiger partial charge in [0.1, 0.15) is 0 Å². The highest BCUT2D eigenvalue weighted by atomic mass is 32.2. The molecule has 0 heterocycles. The zero-order valence-corrected chi connectivity index (χ0v) is 16.9. The van der Waals surface area contributed by atoms with Crippen molar-refractivity contribution in [2.24, 2.45) is 0 Å². The maximum atomic E-state index is 12.8. The molecule has 0 bridgehead atoms. The first kappa shape index (κ1) is 20.1. The predicted octanol–water partition coefficient (Wildman–Crippen LogP) is 4.13. The van der Waals surface area contributed by atoms with Crippen LogP contribution >= 0.6 is 0 Å². The van der Waals surface area contributed by atoms with Crippen LogP contribution in [-0.4, -0.2) is 27.9 Å². The maximum absolute atomic E-state index is 12.8. The van der Waals surface area contributed by atoms with Gasteiger partial charge in [-0.25, -0.2) is 8.42 Å². The Labute approximate surface area is 167 Å². The van der Waals surface area contributed by atoms with Crippen LogP contribution in [0.3, 0.4) is 0 Å². The Morgan fingerprint density at radius 2 is 1.86 bits per heavy atom. The van der Waals surface area contributed by atoms with Gasteiger partial charge in [-0.3, -0.25) is 9.10 Å². The van der Waals surface area contributed by atoms with E-state index in [2.05, 4.69) is 11.4 Å². The lowest BCUT2D eigenvalue weighted by molar-refractivity contribution is 0.0954. The van der Waals surface area contributed by atoms with Crippen LogP contribution in [0.15, 0.2) is 71.1 Å². The zero-order chi connectivity index (χ0) is 20.0. The number of amides is 1. The number of nitrogens with zero attached hydrogens (tertiary/aromatic N) is 1. The molecule has 2 aromatic rings. The van der Waals surface area contributed by atoms with Crippen LogP contribution in [0.2, 0.25) is 0 Å². The third kappa shape index (κ3) is 4.81. The Kier molecular flexibility index (Phi) is 6.52. The zero-order valence-electron chi connectivity index (χ0n) is 16.1. The molecule has 0 unspecified atom stereocenters. The van der Waals surface area contributed by atoms with Gasteiger partial charge in [0.2, 0.25) is 0 Å². The minimum atomic E-state index is -3.67. The van der Waals surface area contributed by atoms with E-state index in [0.29, 0.717) is 17.8 Å². The first-order valence-corrected chi connectivity index (χ1v) is 11.0. The van der Waals surface area contributed by atoms with Crippen molar-refractivity contribution in [2.45, 2.75) is 37.0 Å². The molecular formula is C22H26N2O3S. The number of benzene rings is 2. The normalized spacial score (nSPS) is 14.2. The van der Waals surface area contributed by atoms with Crippen molar-refractivity contribution >= 4 is 21.6 Å². The summed E-state index contributed by atoms with van der Waals surface area (Å²) in [5.74, 6) is -0.191. The van der Waals surface area contributed by atoms with Gasteiger partial charge in [-0.15, -0.1) is 0 Å². The molecule has 1 N–H and O–H groups in total. The lowest BCUT2D eigenvalue weighted by Gasteiger charge is -2.20. The molecule has 0 saturated carbocycles. The fourth-order valence-corrected chi connectivity index (χ4v) is 4.51. The average Bonchev–Trinajstić information content (AvgIpc) is 2.74. The van der Waals surface area contributed by atoms with E-state index in [1.54, 1.807) is 54.6 Å². The van der Waals surface area contributed by atoms with E-state index in [4.69, 9.17) is 0 Å². The number of hydrogen-bond donors (Lipinski definition) is 1. The molecule has 3 rings (SSSR count). The van der Waals surface area contributed by atoms with Gasteiger partial charge in [-0.05, 0) is 62.4 Å². The van der Waals surface area contributed by atoms with Crippen LogP contribution in [-0.2, 0) is 10.0 Å². The third-order valence-electron chi connectivity index (χ3n) is 4.99. The van der Waals surface area contributed by atoms with Crippen molar-refractivity contribution in [1.82, 2.24) is 5.32 Å². The second-order valence-electron chi connectivity index (χ2n) is 6.95. The average molecular weight is 399 g/mol. The van der Waals surface area contributed by atoms with Gasteiger partial charge in [-0.2, -0.15) is 0 Å². The van der Waals surface area contributed by atoms with Gasteiger partial charge in [0.25, 0.3) is 15.9 Å². The van der Waals surface area contributed by atoms with Crippen molar-refractivity contribution in [3.8, 4) is 0 Å². The van der Waals surface area contributed by atoms with Crippen molar-refractivity contribution in [3.63, 3.8) is 0 Å². The number of anilines is 1. The third-order valence-corrected chi connectivity index (χ3v) is 6.79. The molecule has 2 aromatic carbocycles. The monoisotopic (exact) mass is 398 g/mol. The van der Waals surface area contributed by atoms with Crippen LogP contribution in [0.5, 0.6) is 0 Å². The second kappa shape index (κ2) is 9.06. The van der Waals surface area contributed by atoms with E-state index in [-0.39, 0.29) is 10.8 Å². The molecule has 6 heteroatoms. The second-order valence-corrected chi connectivity index (χ2v) is 8.92. The Balaban J connectivity index is 1.67. The number of hydrogen-bond acceptors (Lipinski definition) is 3. The van der Waals surface area contributed by atoms with Crippen molar-refractivity contribution in [2.75, 3.05) is 17.9 Å². The molecule has 1 aliphatic rings. The Hall–Kier alpha value is -2.60. The SMILES string of the molecule is CN(c1cccc(C(=O)NCCC2=CCCCC2)c1)S(=O)(=O)c1ccccc1. The van der Waals surface area contributed by atoms with Gasteiger partial charge < -0.3 is 5.32 Å². The van der Waals surface area contributed by atoms with Crippen molar-refractivity contribution in [1.29, 1.82) is 0 Å². The molecule has 0 aliphatic heterocycles. The van der Waals surface area contributed by atoms with Crippen molar-refractivity contribution < 1.29 is 13.2 Å². The molecule has 148 valence electrons. The molecule has 0 fully saturated rings. The van der Waals surface area contributed by atoms with Crippen LogP contribution < -0.4 is 9.62 Å². The number of carbonyl (C=O) groups excluding carboxylic acids is 1. The summed E-state index contributed by atoms with van der Waals surface area (Å²) in [6.07, 6.45) is 7.88. The van der Waals surface area contributed by atoms with Gasteiger partial charge >= 0.3 is 0 Å². The summed E-state index contributed by atoms with van der Waals surface area (Å²) in [6, 6.07) is 14.9. The maximum Gasteiger partial charge on any atom is 0.264 e. The van der Waals surface area contributed by atoms with Crippen LogP contribution in [0, 0.1) is 0 Å². The van der Waals surface area contributed by atoms with Crippen LogP contribution in [0.25, 0.3) is 0 Å². The van der Waals surface area contributed by atoms with Crippen molar-refractivity contribution in [3.05, 3.63) is 71.8 Å². The standard InChI is InChI=1S/C22H26N2O3S/c1-24(28(26,27)21-13-6-3-7-14-21)20-12-8-11-19(17-20)22(25)23-16-15-18-9-4-2-5-10-18/h3,6-9,11-14,17H,2,4-5,10,15-16H2,1H3,(H,23,25). The molecule has 5 nitrogen and oxygen atoms in total.